The molecule has 0 aliphatic carbocycles. The summed E-state index contributed by atoms with van der Waals surface area (Å²) < 4.78 is 13.3. The van der Waals surface area contributed by atoms with Crippen LogP contribution in [0, 0.1) is 12.7 Å². The number of piperazine rings is 1. The molecule has 9 heteroatoms. The van der Waals surface area contributed by atoms with Crippen LogP contribution in [0.25, 0.3) is 10.2 Å². The van der Waals surface area contributed by atoms with Crippen LogP contribution in [0.3, 0.4) is 0 Å². The molecule has 33 heavy (non-hydrogen) atoms. The van der Waals surface area contributed by atoms with Gasteiger partial charge in [0.15, 0.2) is 0 Å². The van der Waals surface area contributed by atoms with Gasteiger partial charge in [0.1, 0.15) is 22.8 Å². The summed E-state index contributed by atoms with van der Waals surface area (Å²) in [7, 11) is 0. The number of halogens is 2. The molecule has 0 unspecified atom stereocenters. The Morgan fingerprint density at radius 1 is 1.06 bits per heavy atom. The highest BCUT2D eigenvalue weighted by molar-refractivity contribution is 7.20. The minimum Gasteiger partial charge on any atom is -0.368 e. The first-order valence-electron chi connectivity index (χ1n) is 10.6. The number of hydrogen-bond acceptors (Lipinski definition) is 6. The number of rotatable bonds is 4. The Kier molecular flexibility index (Phi) is 5.86. The fraction of sp³-hybridized carbons (Fsp3) is 0.208. The van der Waals surface area contributed by atoms with Crippen molar-refractivity contribution in [2.24, 2.45) is 0 Å². The van der Waals surface area contributed by atoms with E-state index in [1.807, 2.05) is 13.0 Å². The van der Waals surface area contributed by atoms with Gasteiger partial charge in [0.25, 0.3) is 5.91 Å². The highest BCUT2D eigenvalue weighted by atomic mass is 35.5. The molecule has 2 aromatic heterocycles. The third-order valence-electron chi connectivity index (χ3n) is 5.79. The average molecular weight is 482 g/mol. The summed E-state index contributed by atoms with van der Waals surface area (Å²) in [5, 5.41) is 3.83. The quantitative estimate of drug-likeness (QED) is 0.424. The number of aryl methyl sites for hydroxylation is 1. The average Bonchev–Trinajstić information content (AvgIpc) is 3.18. The molecule has 0 atom stereocenters. The molecule has 6 nitrogen and oxygen atoms in total. The van der Waals surface area contributed by atoms with Gasteiger partial charge in [-0.2, -0.15) is 0 Å². The highest BCUT2D eigenvalue weighted by Crippen LogP contribution is 2.36. The van der Waals surface area contributed by atoms with Crippen molar-refractivity contribution >= 4 is 56.3 Å². The Hall–Kier alpha value is -3.23. The second-order valence-electron chi connectivity index (χ2n) is 7.82. The number of amides is 1. The Labute approximate surface area is 199 Å². The fourth-order valence-electron chi connectivity index (χ4n) is 4.09. The van der Waals surface area contributed by atoms with E-state index in [4.69, 9.17) is 11.6 Å². The topological polar surface area (TPSA) is 61.4 Å². The lowest BCUT2D eigenvalue weighted by atomic mass is 10.1. The normalized spacial score (nSPS) is 14.0. The van der Waals surface area contributed by atoms with Crippen LogP contribution in [0.1, 0.15) is 15.2 Å². The number of hydrogen-bond donors (Lipinski definition) is 1. The van der Waals surface area contributed by atoms with Crippen molar-refractivity contribution in [2.75, 3.05) is 41.3 Å². The van der Waals surface area contributed by atoms with Gasteiger partial charge in [-0.15, -0.1) is 11.3 Å². The number of benzene rings is 2. The molecule has 1 fully saturated rings. The molecule has 0 radical (unpaired) electrons. The first-order valence-corrected chi connectivity index (χ1v) is 11.8. The van der Waals surface area contributed by atoms with E-state index < -0.39 is 5.82 Å². The number of para-hydroxylation sites is 1. The van der Waals surface area contributed by atoms with E-state index in [-0.39, 0.29) is 10.9 Å². The van der Waals surface area contributed by atoms with Crippen LogP contribution in [-0.2, 0) is 0 Å². The summed E-state index contributed by atoms with van der Waals surface area (Å²) >= 11 is 7.40. The van der Waals surface area contributed by atoms with Crippen LogP contribution in [-0.4, -0.2) is 42.1 Å². The summed E-state index contributed by atoms with van der Waals surface area (Å²) in [4.78, 5) is 27.9. The first kappa shape index (κ1) is 21.6. The third-order valence-corrected chi connectivity index (χ3v) is 7.30. The number of nitrogens with one attached hydrogen (secondary N) is 1. The van der Waals surface area contributed by atoms with Gasteiger partial charge < -0.3 is 15.1 Å². The Balaban J connectivity index is 1.40. The van der Waals surface area contributed by atoms with Crippen LogP contribution in [0.15, 0.2) is 54.9 Å². The Morgan fingerprint density at radius 2 is 1.79 bits per heavy atom. The SMILES string of the molecule is Cc1c(C(=O)Nc2ccc(F)cc2Cl)sc2ncnc(N3CCN(c4ccccc4)CC3)c12. The van der Waals surface area contributed by atoms with Gasteiger partial charge in [0, 0.05) is 31.9 Å². The van der Waals surface area contributed by atoms with Crippen molar-refractivity contribution in [2.45, 2.75) is 6.92 Å². The van der Waals surface area contributed by atoms with Gasteiger partial charge in [-0.25, -0.2) is 14.4 Å². The van der Waals surface area contributed by atoms with Crippen molar-refractivity contribution in [1.82, 2.24) is 9.97 Å². The third kappa shape index (κ3) is 4.24. The van der Waals surface area contributed by atoms with E-state index in [1.165, 1.54) is 35.2 Å². The lowest BCUT2D eigenvalue weighted by molar-refractivity contribution is 0.103. The minimum atomic E-state index is -0.455. The monoisotopic (exact) mass is 481 g/mol. The van der Waals surface area contributed by atoms with Crippen molar-refractivity contribution in [1.29, 1.82) is 0 Å². The van der Waals surface area contributed by atoms with Gasteiger partial charge in [0.2, 0.25) is 0 Å². The molecule has 1 amide bonds. The maximum atomic E-state index is 13.3. The van der Waals surface area contributed by atoms with Gasteiger partial charge in [-0.05, 0) is 42.8 Å². The van der Waals surface area contributed by atoms with Crippen LogP contribution in [0.2, 0.25) is 5.02 Å². The predicted molar refractivity (Wildman–Crippen MR) is 132 cm³/mol. The second kappa shape index (κ2) is 8.96. The molecule has 1 aliphatic heterocycles. The van der Waals surface area contributed by atoms with Crippen molar-refractivity contribution < 1.29 is 9.18 Å². The van der Waals surface area contributed by atoms with Crippen LogP contribution in [0.4, 0.5) is 21.6 Å². The van der Waals surface area contributed by atoms with Gasteiger partial charge in [-0.3, -0.25) is 4.79 Å². The zero-order valence-electron chi connectivity index (χ0n) is 17.9. The second-order valence-corrected chi connectivity index (χ2v) is 9.23. The molecule has 0 saturated carbocycles. The fourth-order valence-corrected chi connectivity index (χ4v) is 5.35. The molecule has 4 aromatic rings. The number of fused-ring (bicyclic) bond motifs is 1. The zero-order valence-corrected chi connectivity index (χ0v) is 19.5. The van der Waals surface area contributed by atoms with Gasteiger partial charge in [-0.1, -0.05) is 29.8 Å². The van der Waals surface area contributed by atoms with E-state index in [0.29, 0.717) is 10.6 Å². The predicted octanol–water partition coefficient (Wildman–Crippen LogP) is 5.37. The molecule has 0 spiro atoms. The largest absolute Gasteiger partial charge is 0.368 e. The van der Waals surface area contributed by atoms with E-state index in [0.717, 1.165) is 47.8 Å². The number of thiophene rings is 1. The Bertz CT molecular complexity index is 1320. The molecular weight excluding hydrogens is 461 g/mol. The van der Waals surface area contributed by atoms with E-state index in [2.05, 4.69) is 49.4 Å². The molecule has 5 rings (SSSR count). The van der Waals surface area contributed by atoms with Crippen molar-refractivity contribution in [3.8, 4) is 0 Å². The number of nitrogens with zero attached hydrogens (tertiary/aromatic N) is 4. The first-order chi connectivity index (χ1) is 16.0. The highest BCUT2D eigenvalue weighted by Gasteiger charge is 2.25. The molecule has 1 aliphatic rings. The number of anilines is 3. The van der Waals surface area contributed by atoms with Crippen molar-refractivity contribution in [3.63, 3.8) is 0 Å². The van der Waals surface area contributed by atoms with E-state index in [1.54, 1.807) is 6.33 Å². The molecule has 2 aromatic carbocycles. The summed E-state index contributed by atoms with van der Waals surface area (Å²) in [6.45, 7) is 5.32. The van der Waals surface area contributed by atoms with E-state index in [9.17, 15) is 9.18 Å². The molecule has 0 bridgehead atoms. The summed E-state index contributed by atoms with van der Waals surface area (Å²) in [5.41, 5.74) is 2.41. The number of aromatic nitrogens is 2. The molecule has 1 N–H and O–H groups in total. The smallest absolute Gasteiger partial charge is 0.266 e. The minimum absolute atomic E-state index is 0.152. The summed E-state index contributed by atoms with van der Waals surface area (Å²) in [6, 6.07) is 14.3. The summed E-state index contributed by atoms with van der Waals surface area (Å²) in [5.74, 6) is 0.0903. The van der Waals surface area contributed by atoms with E-state index >= 15 is 0 Å². The zero-order chi connectivity index (χ0) is 22.9. The number of carbonyl (C=O) groups is 1. The molecule has 3 heterocycles. The lowest BCUT2D eigenvalue weighted by Crippen LogP contribution is -2.46. The summed E-state index contributed by atoms with van der Waals surface area (Å²) in [6.07, 6.45) is 1.55. The van der Waals surface area contributed by atoms with Crippen molar-refractivity contribution in [3.05, 3.63) is 76.1 Å². The lowest BCUT2D eigenvalue weighted by Gasteiger charge is -2.37. The molecule has 1 saturated heterocycles. The molecule has 168 valence electrons. The number of carbonyl (C=O) groups excluding carboxylic acids is 1. The van der Waals surface area contributed by atoms with Crippen LogP contribution >= 0.6 is 22.9 Å². The Morgan fingerprint density at radius 3 is 2.52 bits per heavy atom. The van der Waals surface area contributed by atoms with Crippen LogP contribution in [0.5, 0.6) is 0 Å². The maximum absolute atomic E-state index is 13.3. The maximum Gasteiger partial charge on any atom is 0.266 e. The molecular formula is C24H21ClFN5OS. The standard InChI is InChI=1S/C24H21ClFN5OS/c1-15-20-22(31-11-9-30(10-12-31)17-5-3-2-4-6-17)27-14-28-24(20)33-21(15)23(32)29-19-8-7-16(26)13-18(19)25/h2-8,13-14H,9-12H2,1H3,(H,29,32). The van der Waals surface area contributed by atoms with Gasteiger partial charge in [0.05, 0.1) is 21.0 Å². The van der Waals surface area contributed by atoms with Crippen LogP contribution < -0.4 is 15.1 Å². The van der Waals surface area contributed by atoms with Gasteiger partial charge >= 0.3 is 0 Å².